The van der Waals surface area contributed by atoms with E-state index in [9.17, 15) is 10.1 Å². The van der Waals surface area contributed by atoms with Crippen LogP contribution in [0.1, 0.15) is 34.6 Å². The standard InChI is InChI=1S/C19H28N4O4S/c1-18(2,3)27-17(24)23-13(11-28-6)15-16(26-19(4,5)25-15)14(23)12(9-21)10-22-8-7-20/h10,13-16,22H,8,11H2,1-6H3. The zero-order valence-corrected chi connectivity index (χ0v) is 18.0. The van der Waals surface area contributed by atoms with Crippen LogP contribution in [0.25, 0.3) is 0 Å². The summed E-state index contributed by atoms with van der Waals surface area (Å²) in [6.45, 7) is 9.08. The Kier molecular flexibility index (Phi) is 6.87. The Labute approximate surface area is 170 Å². The second-order valence-corrected chi connectivity index (χ2v) is 9.08. The van der Waals surface area contributed by atoms with Gasteiger partial charge in [0.1, 0.15) is 30.4 Å². The van der Waals surface area contributed by atoms with Crippen LogP contribution < -0.4 is 5.32 Å². The van der Waals surface area contributed by atoms with Gasteiger partial charge >= 0.3 is 6.09 Å². The zero-order chi connectivity index (χ0) is 21.1. The van der Waals surface area contributed by atoms with Crippen LogP contribution in [-0.2, 0) is 14.2 Å². The summed E-state index contributed by atoms with van der Waals surface area (Å²) in [5.74, 6) is -0.203. The molecule has 0 saturated carbocycles. The van der Waals surface area contributed by atoms with Crippen molar-refractivity contribution >= 4 is 17.9 Å². The van der Waals surface area contributed by atoms with Crippen LogP contribution in [-0.4, -0.2) is 65.2 Å². The molecule has 2 aliphatic heterocycles. The zero-order valence-electron chi connectivity index (χ0n) is 17.2. The summed E-state index contributed by atoms with van der Waals surface area (Å²) < 4.78 is 17.8. The van der Waals surface area contributed by atoms with Gasteiger partial charge in [-0.05, 0) is 40.9 Å². The van der Waals surface area contributed by atoms with E-state index in [0.29, 0.717) is 11.3 Å². The highest BCUT2D eigenvalue weighted by Gasteiger charge is 2.60. The van der Waals surface area contributed by atoms with Crippen molar-refractivity contribution in [1.29, 1.82) is 10.5 Å². The van der Waals surface area contributed by atoms with Gasteiger partial charge in [-0.15, -0.1) is 0 Å². The van der Waals surface area contributed by atoms with Crippen molar-refractivity contribution in [3.05, 3.63) is 11.8 Å². The molecule has 154 valence electrons. The van der Waals surface area contributed by atoms with Gasteiger partial charge < -0.3 is 19.5 Å². The number of carbonyl (C=O) groups excluding carboxylic acids is 1. The van der Waals surface area contributed by atoms with E-state index in [0.717, 1.165) is 0 Å². The van der Waals surface area contributed by atoms with E-state index in [2.05, 4.69) is 11.4 Å². The number of amides is 1. The first kappa shape index (κ1) is 22.4. The van der Waals surface area contributed by atoms with E-state index < -0.39 is 29.6 Å². The number of hydrogen-bond donors (Lipinski definition) is 1. The molecule has 2 heterocycles. The molecule has 4 unspecified atom stereocenters. The molecule has 4 atom stereocenters. The predicted molar refractivity (Wildman–Crippen MR) is 105 cm³/mol. The van der Waals surface area contributed by atoms with E-state index in [1.54, 1.807) is 37.4 Å². The van der Waals surface area contributed by atoms with Gasteiger partial charge in [-0.3, -0.25) is 4.90 Å². The lowest BCUT2D eigenvalue weighted by Crippen LogP contribution is -2.50. The fourth-order valence-electron chi connectivity index (χ4n) is 3.51. The van der Waals surface area contributed by atoms with Crippen LogP contribution in [0, 0.1) is 22.7 Å². The van der Waals surface area contributed by atoms with Crippen LogP contribution in [0.3, 0.4) is 0 Å². The summed E-state index contributed by atoms with van der Waals surface area (Å²) in [6.07, 6.45) is 2.02. The molecular weight excluding hydrogens is 380 g/mol. The second-order valence-electron chi connectivity index (χ2n) is 8.17. The van der Waals surface area contributed by atoms with Gasteiger partial charge in [0.2, 0.25) is 0 Å². The minimum atomic E-state index is -0.815. The smallest absolute Gasteiger partial charge is 0.411 e. The Morgan fingerprint density at radius 3 is 2.50 bits per heavy atom. The Morgan fingerprint density at radius 2 is 1.96 bits per heavy atom. The molecule has 0 radical (unpaired) electrons. The van der Waals surface area contributed by atoms with Gasteiger partial charge in [-0.2, -0.15) is 22.3 Å². The Morgan fingerprint density at radius 1 is 1.32 bits per heavy atom. The highest BCUT2D eigenvalue weighted by molar-refractivity contribution is 7.98. The van der Waals surface area contributed by atoms with Crippen molar-refractivity contribution < 1.29 is 19.0 Å². The second kappa shape index (κ2) is 8.60. The number of hydrogen-bond acceptors (Lipinski definition) is 8. The maximum absolute atomic E-state index is 13.1. The third-order valence-corrected chi connectivity index (χ3v) is 5.01. The minimum absolute atomic E-state index is 0.0511. The summed E-state index contributed by atoms with van der Waals surface area (Å²) in [6, 6.07) is 3.13. The Bertz CT molecular complexity index is 704. The van der Waals surface area contributed by atoms with E-state index >= 15 is 0 Å². The molecule has 2 rings (SSSR count). The molecule has 2 fully saturated rings. The summed E-state index contributed by atoms with van der Waals surface area (Å²) in [7, 11) is 0. The molecule has 0 aromatic rings. The monoisotopic (exact) mass is 408 g/mol. The van der Waals surface area contributed by atoms with Crippen molar-refractivity contribution in [3.63, 3.8) is 0 Å². The number of nitrogens with one attached hydrogen (secondary N) is 1. The summed E-state index contributed by atoms with van der Waals surface area (Å²) >= 11 is 1.58. The Balaban J connectivity index is 2.47. The first-order valence-electron chi connectivity index (χ1n) is 9.11. The molecule has 2 aliphatic rings. The molecule has 8 nitrogen and oxygen atoms in total. The molecule has 28 heavy (non-hydrogen) atoms. The fourth-order valence-corrected chi connectivity index (χ4v) is 4.20. The number of nitriles is 2. The van der Waals surface area contributed by atoms with E-state index in [-0.39, 0.29) is 18.7 Å². The highest BCUT2D eigenvalue weighted by Crippen LogP contribution is 2.43. The molecule has 9 heteroatoms. The Hall–Kier alpha value is -1.94. The summed E-state index contributed by atoms with van der Waals surface area (Å²) in [4.78, 5) is 14.6. The maximum atomic E-state index is 13.1. The molecule has 0 bridgehead atoms. The van der Waals surface area contributed by atoms with E-state index in [1.165, 1.54) is 6.20 Å². The third kappa shape index (κ3) is 4.91. The van der Waals surface area contributed by atoms with Gasteiger partial charge in [-0.1, -0.05) is 0 Å². The summed E-state index contributed by atoms with van der Waals surface area (Å²) in [5.41, 5.74) is -0.388. The average Bonchev–Trinajstić information content (AvgIpc) is 3.02. The number of likely N-dealkylation sites (tertiary alicyclic amines) is 1. The lowest BCUT2D eigenvalue weighted by molar-refractivity contribution is -0.163. The van der Waals surface area contributed by atoms with Crippen molar-refractivity contribution in [2.75, 3.05) is 18.6 Å². The normalized spacial score (nSPS) is 29.0. The lowest BCUT2D eigenvalue weighted by Gasteiger charge is -2.35. The number of thioether (sulfide) groups is 1. The molecule has 0 aromatic heterocycles. The molecule has 2 saturated heterocycles. The van der Waals surface area contributed by atoms with Gasteiger partial charge in [0, 0.05) is 12.0 Å². The van der Waals surface area contributed by atoms with E-state index in [4.69, 9.17) is 19.5 Å². The lowest BCUT2D eigenvalue weighted by atomic mass is 10.0. The minimum Gasteiger partial charge on any atom is -0.444 e. The molecule has 0 aromatic carbocycles. The quantitative estimate of drug-likeness (QED) is 0.420. The predicted octanol–water partition coefficient (Wildman–Crippen LogP) is 2.38. The van der Waals surface area contributed by atoms with Gasteiger partial charge in [0.25, 0.3) is 0 Å². The first-order valence-corrected chi connectivity index (χ1v) is 10.5. The maximum Gasteiger partial charge on any atom is 0.411 e. The number of rotatable bonds is 5. The topological polar surface area (TPSA) is 108 Å². The van der Waals surface area contributed by atoms with E-state index in [1.807, 2.05) is 26.2 Å². The van der Waals surface area contributed by atoms with Gasteiger partial charge in [0.15, 0.2) is 5.79 Å². The molecule has 1 amide bonds. The van der Waals surface area contributed by atoms with Crippen molar-refractivity contribution in [2.45, 2.75) is 70.3 Å². The number of nitrogens with zero attached hydrogens (tertiary/aromatic N) is 3. The van der Waals surface area contributed by atoms with Crippen LogP contribution in [0.5, 0.6) is 0 Å². The molecule has 0 spiro atoms. The molecule has 1 N–H and O–H groups in total. The van der Waals surface area contributed by atoms with Gasteiger partial charge in [0.05, 0.1) is 23.8 Å². The van der Waals surface area contributed by atoms with Crippen LogP contribution >= 0.6 is 11.8 Å². The number of carbonyl (C=O) groups is 1. The van der Waals surface area contributed by atoms with Crippen LogP contribution in [0.4, 0.5) is 4.79 Å². The van der Waals surface area contributed by atoms with Gasteiger partial charge in [-0.25, -0.2) is 4.79 Å². The number of ether oxygens (including phenoxy) is 3. The summed E-state index contributed by atoms with van der Waals surface area (Å²) in [5, 5.41) is 21.3. The van der Waals surface area contributed by atoms with Crippen LogP contribution in [0.2, 0.25) is 0 Å². The third-order valence-electron chi connectivity index (χ3n) is 4.34. The first-order chi connectivity index (χ1) is 13.0. The highest BCUT2D eigenvalue weighted by atomic mass is 32.2. The molecular formula is C19H28N4O4S. The largest absolute Gasteiger partial charge is 0.444 e. The van der Waals surface area contributed by atoms with Crippen molar-refractivity contribution in [1.82, 2.24) is 10.2 Å². The van der Waals surface area contributed by atoms with Crippen molar-refractivity contribution in [3.8, 4) is 12.1 Å². The van der Waals surface area contributed by atoms with Crippen LogP contribution in [0.15, 0.2) is 11.8 Å². The molecule has 0 aliphatic carbocycles. The average molecular weight is 409 g/mol. The number of fused-ring (bicyclic) bond motifs is 1. The SMILES string of the molecule is CSCC1C2OC(C)(C)OC2C(C(C#N)=CNCC#N)N1C(=O)OC(C)(C)C. The van der Waals surface area contributed by atoms with Crippen molar-refractivity contribution in [2.24, 2.45) is 0 Å². The fraction of sp³-hybridized carbons (Fsp3) is 0.737.